The average Bonchev–Trinajstić information content (AvgIpc) is 4.01. The number of alkyl halides is 5. The number of nitrogens with zero attached hydrogens (tertiary/aromatic N) is 10. The van der Waals surface area contributed by atoms with Crippen LogP contribution in [0.3, 0.4) is 0 Å². The zero-order valence-corrected chi connectivity index (χ0v) is 61.0. The fourth-order valence-corrected chi connectivity index (χ4v) is 4.01. The van der Waals surface area contributed by atoms with Crippen LogP contribution in [0.15, 0.2) is 0 Å². The first-order chi connectivity index (χ1) is 30.6. The summed E-state index contributed by atoms with van der Waals surface area (Å²) in [5, 5.41) is 20.9. The number of hydrogen-bond acceptors (Lipinski definition) is 18. The molecule has 0 spiro atoms. The number of nitrogens with two attached hydrogens (primary N) is 1. The monoisotopic (exact) mass is 2010 g/mol. The molecule has 394 valence electrons. The van der Waals surface area contributed by atoms with E-state index in [9.17, 15) is 0 Å². The number of ether oxygens (including phenoxy) is 1. The van der Waals surface area contributed by atoms with Crippen molar-refractivity contribution in [1.29, 1.82) is 5.41 Å². The quantitative estimate of drug-likeness (QED) is 0.0233. The Morgan fingerprint density at radius 1 is 0.662 bits per heavy atom. The molecule has 68 heavy (non-hydrogen) atoms. The Bertz CT molecular complexity index is 1670. The molecule has 5 aliphatic carbocycles. The minimum atomic E-state index is -0.278. The molecule has 33 heteroatoms. The van der Waals surface area contributed by atoms with Crippen molar-refractivity contribution in [2.24, 2.45) is 5.73 Å². The molecule has 8 rings (SSSR count). The van der Waals surface area contributed by atoms with Crippen molar-refractivity contribution in [1.82, 2.24) is 44.9 Å². The van der Waals surface area contributed by atoms with Crippen molar-refractivity contribution in [2.75, 3.05) is 47.6 Å². The summed E-state index contributed by atoms with van der Waals surface area (Å²) in [4.78, 5) is 40.6. The SMILES string of the molecule is CCC(I)(I)I.CCC(I)I.COC=N.CON(C)c1nc(NC2CC2)nc(NC2CC2)n1.Cl.Cl.Clc1nc(Cl)nc(Cl)n1.Clc1nc(NC2CC2)nc(NC2CC2)n1.NC1CC1.[CH3-].[I][V]([I])[I]. The van der Waals surface area contributed by atoms with Gasteiger partial charge in [0.25, 0.3) is 5.95 Å². The van der Waals surface area contributed by atoms with Crippen LogP contribution in [0.4, 0.5) is 29.7 Å². The van der Waals surface area contributed by atoms with Crippen molar-refractivity contribution < 1.29 is 14.5 Å². The molecule has 0 amide bonds. The van der Waals surface area contributed by atoms with E-state index in [1.807, 2.05) is 0 Å². The number of nitrogens with one attached hydrogen (secondary N) is 5. The third-order valence-electron chi connectivity index (χ3n) is 7.43. The van der Waals surface area contributed by atoms with Crippen LogP contribution in [0.5, 0.6) is 0 Å². The van der Waals surface area contributed by atoms with Crippen LogP contribution in [-0.2, 0) is 14.5 Å². The summed E-state index contributed by atoms with van der Waals surface area (Å²) in [7, 11) is 4.80. The number of methoxy groups -OCH3 is 1. The van der Waals surface area contributed by atoms with Crippen LogP contribution in [0.25, 0.3) is 0 Å². The van der Waals surface area contributed by atoms with E-state index in [0.717, 1.165) is 8.33 Å². The predicted octanol–water partition coefficient (Wildman–Crippen LogP) is 14.8. The van der Waals surface area contributed by atoms with Crippen LogP contribution in [0.2, 0.25) is 21.1 Å². The summed E-state index contributed by atoms with van der Waals surface area (Å²) < 4.78 is 5.36. The van der Waals surface area contributed by atoms with Crippen molar-refractivity contribution in [3.05, 3.63) is 28.6 Å². The van der Waals surface area contributed by atoms with Gasteiger partial charge in [0, 0.05) is 37.3 Å². The fourth-order valence-electron chi connectivity index (χ4n) is 3.24. The van der Waals surface area contributed by atoms with Gasteiger partial charge in [-0.05, 0) is 123 Å². The number of hydroxylamine groups is 1. The van der Waals surface area contributed by atoms with Crippen LogP contribution in [0.1, 0.15) is 90.9 Å². The summed E-state index contributed by atoms with van der Waals surface area (Å²) in [5.41, 5.74) is 5.22. The zero-order chi connectivity index (χ0) is 49.1. The van der Waals surface area contributed by atoms with E-state index in [-0.39, 0.29) is 58.3 Å². The van der Waals surface area contributed by atoms with Gasteiger partial charge >= 0.3 is 64.9 Å². The zero-order valence-electron chi connectivity index (χ0n) is 37.7. The maximum atomic E-state index is 6.10. The molecule has 7 N–H and O–H groups in total. The Hall–Kier alpha value is 3.58. The van der Waals surface area contributed by atoms with Crippen LogP contribution in [0, 0.1) is 12.8 Å². The molecular weight excluding hydrogens is 1960 g/mol. The Morgan fingerprint density at radius 3 is 1.07 bits per heavy atom. The van der Waals surface area contributed by atoms with Gasteiger partial charge in [-0.25, -0.2) is 5.06 Å². The van der Waals surface area contributed by atoms with Gasteiger partial charge in [-0.15, -0.1) is 24.8 Å². The van der Waals surface area contributed by atoms with Crippen LogP contribution < -0.4 is 32.1 Å². The van der Waals surface area contributed by atoms with E-state index >= 15 is 0 Å². The molecule has 18 nitrogen and oxygen atoms in total. The van der Waals surface area contributed by atoms with Crippen molar-refractivity contribution >= 4 is 280 Å². The number of anilines is 5. The number of hydrogen-bond donors (Lipinski definition) is 6. The van der Waals surface area contributed by atoms with Gasteiger partial charge in [0.15, 0.2) is 6.40 Å². The molecule has 3 heterocycles. The Labute approximate surface area is 540 Å². The standard InChI is InChI=1S/C11H18N6O.C9H12ClN5.C3Cl3N3.C3H5I3.C3H6I2.C3H7N.C2H5NO.CH3.2ClH.3HI.V/c1-17(18-2)11-15-9(12-7-3-4-7)14-10(16-11)13-8-5-6-8;10-7-13-8(11-5-1-2-5)15-9(14-7)12-6-3-4-6;4-1-7-2(5)9-3(6)8-1;1-2-3(4,5)6;1-2-3(4)5;4-3-1-2-3;1-4-2-3;;;;;;;/h7-8H,3-6H2,1-2H3,(H2,12,13,14,15,16);5-6H,1-4H2,(H2,11,12,13,14,15);;2H2,1H3;3H,2H2,1H3;3H,1-2,4H2;2-3H,1H3;1H3;5*1H;/q;;;;;;;-1;;;;;;+3/p-3. The van der Waals surface area contributed by atoms with E-state index in [1.165, 1.54) is 89.2 Å². The summed E-state index contributed by atoms with van der Waals surface area (Å²) in [6.45, 7) is 4.37. The minimum absolute atomic E-state index is 0. The molecule has 0 aromatic carbocycles. The number of rotatable bonds is 13. The molecule has 0 bridgehead atoms. The molecule has 3 aromatic heterocycles. The molecule has 0 atom stereocenters. The fraction of sp³-hybridized carbons (Fsp3) is 0.686. The second-order valence-electron chi connectivity index (χ2n) is 13.7. The molecule has 5 aliphatic rings. The van der Waals surface area contributed by atoms with Gasteiger partial charge in [-0.2, -0.15) is 44.9 Å². The van der Waals surface area contributed by atoms with E-state index in [2.05, 4.69) is 258 Å². The molecule has 5 saturated carbocycles. The van der Waals surface area contributed by atoms with Crippen LogP contribution in [-0.4, -0.2) is 104 Å². The first kappa shape index (κ1) is 75.8. The Kier molecular flexibility index (Phi) is 48.6. The Balaban J connectivity index is -0.000000763. The predicted molar refractivity (Wildman–Crippen MR) is 355 cm³/mol. The third kappa shape index (κ3) is 48.0. The first-order valence-corrected chi connectivity index (χ1v) is 40.5. The average molecular weight is 2010 g/mol. The number of aromatic nitrogens is 9. The summed E-state index contributed by atoms with van der Waals surface area (Å²) in [6, 6.07) is 2.67. The summed E-state index contributed by atoms with van der Waals surface area (Å²) >= 11 is 41.2. The van der Waals surface area contributed by atoms with Gasteiger partial charge in [-0.1, -0.05) is 127 Å². The summed E-state index contributed by atoms with van der Waals surface area (Å²) in [5.74, 6) is 2.92. The van der Waals surface area contributed by atoms with Gasteiger partial charge in [-0.3, -0.25) is 10.2 Å². The number of halogens is 14. The van der Waals surface area contributed by atoms with Crippen molar-refractivity contribution in [3.63, 3.8) is 0 Å². The first-order valence-electron chi connectivity index (χ1n) is 19.7. The van der Waals surface area contributed by atoms with Crippen molar-refractivity contribution in [2.45, 2.75) is 122 Å². The molecule has 3 aromatic rings. The van der Waals surface area contributed by atoms with Crippen LogP contribution >= 0.6 is 244 Å². The normalized spacial score (nSPS) is 14.8. The van der Waals surface area contributed by atoms with Gasteiger partial charge < -0.3 is 39.2 Å². The van der Waals surface area contributed by atoms with Gasteiger partial charge in [0.05, 0.1) is 16.2 Å². The molecular formula is C35H58Cl6I8N16O2V-. The van der Waals surface area contributed by atoms with Crippen molar-refractivity contribution in [3.8, 4) is 0 Å². The maximum absolute atomic E-state index is 6.10. The summed E-state index contributed by atoms with van der Waals surface area (Å²) in [6.07, 6.45) is 15.4. The Morgan fingerprint density at radius 2 is 0.897 bits per heavy atom. The molecule has 5 fully saturated rings. The molecule has 0 saturated heterocycles. The molecule has 0 aliphatic heterocycles. The van der Waals surface area contributed by atoms with Gasteiger partial charge in [0.1, 0.15) is -0.565 Å². The second kappa shape index (κ2) is 43.6. The van der Waals surface area contributed by atoms with E-state index in [1.54, 1.807) is 14.2 Å². The topological polar surface area (TPSA) is 236 Å². The van der Waals surface area contributed by atoms with E-state index < -0.39 is 0 Å². The molecule has 0 radical (unpaired) electrons. The van der Waals surface area contributed by atoms with Gasteiger partial charge in [0.2, 0.25) is 44.9 Å². The molecule has 0 unspecified atom stereocenters. The second-order valence-corrected chi connectivity index (χ2v) is 67.5. The van der Waals surface area contributed by atoms with E-state index in [0.29, 0.717) is 59.4 Å². The third-order valence-corrected chi connectivity index (χ3v) is 12.2. The van der Waals surface area contributed by atoms with E-state index in [4.69, 9.17) is 62.4 Å².